The first-order valence-electron chi connectivity index (χ1n) is 7.70. The van der Waals surface area contributed by atoms with Gasteiger partial charge in [-0.3, -0.25) is 9.69 Å². The zero-order chi connectivity index (χ0) is 14.7. The lowest BCUT2D eigenvalue weighted by Gasteiger charge is -2.26. The molecule has 1 aliphatic carbocycles. The average Bonchev–Trinajstić information content (AvgIpc) is 3.27. The number of nitrogens with one attached hydrogen (secondary N) is 1. The van der Waals surface area contributed by atoms with Crippen molar-refractivity contribution < 1.29 is 9.53 Å². The van der Waals surface area contributed by atoms with E-state index in [2.05, 4.69) is 30.7 Å². The molecule has 0 unspecified atom stereocenters. The molecular formula is C15H22BrN3O2. The van der Waals surface area contributed by atoms with Gasteiger partial charge in [-0.15, -0.1) is 0 Å². The van der Waals surface area contributed by atoms with E-state index in [9.17, 15) is 4.79 Å². The molecule has 3 rings (SSSR count). The van der Waals surface area contributed by atoms with Gasteiger partial charge in [-0.05, 0) is 47.8 Å². The Labute approximate surface area is 133 Å². The summed E-state index contributed by atoms with van der Waals surface area (Å²) in [6.07, 6.45) is 5.36. The largest absolute Gasteiger partial charge is 0.379 e. The minimum Gasteiger partial charge on any atom is -0.379 e. The summed E-state index contributed by atoms with van der Waals surface area (Å²) in [6.45, 7) is 5.42. The van der Waals surface area contributed by atoms with Crippen LogP contribution in [0.25, 0.3) is 0 Å². The lowest BCUT2D eigenvalue weighted by Crippen LogP contribution is -2.38. The molecule has 1 N–H and O–H groups in total. The van der Waals surface area contributed by atoms with E-state index in [1.165, 1.54) is 12.8 Å². The minimum absolute atomic E-state index is 0.0366. The molecule has 1 aromatic rings. The predicted octanol–water partition coefficient (Wildman–Crippen LogP) is 2.04. The van der Waals surface area contributed by atoms with Gasteiger partial charge in [-0.25, -0.2) is 0 Å². The predicted molar refractivity (Wildman–Crippen MR) is 84.6 cm³/mol. The number of carbonyl (C=O) groups excluding carboxylic acids is 1. The number of rotatable bonds is 6. The third-order valence-corrected chi connectivity index (χ3v) is 4.46. The van der Waals surface area contributed by atoms with Crippen molar-refractivity contribution in [2.45, 2.75) is 25.3 Å². The van der Waals surface area contributed by atoms with Crippen molar-refractivity contribution in [1.29, 1.82) is 0 Å². The van der Waals surface area contributed by atoms with Crippen molar-refractivity contribution in [3.8, 4) is 0 Å². The number of carbonyl (C=O) groups is 1. The summed E-state index contributed by atoms with van der Waals surface area (Å²) in [7, 11) is 0. The van der Waals surface area contributed by atoms with E-state index in [0.717, 1.165) is 56.0 Å². The smallest absolute Gasteiger partial charge is 0.267 e. The Morgan fingerprint density at radius 1 is 1.38 bits per heavy atom. The molecule has 0 spiro atoms. The first-order valence-corrected chi connectivity index (χ1v) is 8.49. The summed E-state index contributed by atoms with van der Waals surface area (Å²) in [6, 6.07) is 2.43. The average molecular weight is 356 g/mol. The fourth-order valence-electron chi connectivity index (χ4n) is 2.70. The van der Waals surface area contributed by atoms with Gasteiger partial charge in [0.25, 0.3) is 5.91 Å². The topological polar surface area (TPSA) is 46.5 Å². The zero-order valence-electron chi connectivity index (χ0n) is 12.2. The summed E-state index contributed by atoms with van der Waals surface area (Å²) in [5.74, 6) is 0.0366. The zero-order valence-corrected chi connectivity index (χ0v) is 13.8. The maximum absolute atomic E-state index is 12.3. The molecule has 1 amide bonds. The fraction of sp³-hybridized carbons (Fsp3) is 0.667. The van der Waals surface area contributed by atoms with Crippen LogP contribution in [0.3, 0.4) is 0 Å². The highest BCUT2D eigenvalue weighted by molar-refractivity contribution is 9.10. The van der Waals surface area contributed by atoms with E-state index in [-0.39, 0.29) is 5.91 Å². The van der Waals surface area contributed by atoms with Crippen LogP contribution in [0.1, 0.15) is 35.8 Å². The van der Waals surface area contributed by atoms with Crippen LogP contribution < -0.4 is 5.32 Å². The monoisotopic (exact) mass is 355 g/mol. The van der Waals surface area contributed by atoms with Gasteiger partial charge in [0.05, 0.1) is 13.2 Å². The molecule has 5 nitrogen and oxygen atoms in total. The summed E-state index contributed by atoms with van der Waals surface area (Å²) in [5.41, 5.74) is 0.774. The van der Waals surface area contributed by atoms with Gasteiger partial charge in [-0.1, -0.05) is 0 Å². The van der Waals surface area contributed by atoms with Crippen LogP contribution in [-0.2, 0) is 4.74 Å². The molecule has 21 heavy (non-hydrogen) atoms. The normalized spacial score (nSPS) is 19.7. The van der Waals surface area contributed by atoms with Crippen LogP contribution in [0.5, 0.6) is 0 Å². The second-order valence-corrected chi connectivity index (χ2v) is 6.66. The Morgan fingerprint density at radius 3 is 2.86 bits per heavy atom. The number of hydrogen-bond donors (Lipinski definition) is 1. The van der Waals surface area contributed by atoms with Crippen LogP contribution in [0.15, 0.2) is 16.7 Å². The standard InChI is InChI=1S/C15H22BrN3O2/c16-12-10-14(19(11-12)13-2-3-13)15(20)17-4-1-5-18-6-8-21-9-7-18/h10-11,13H,1-9H2,(H,17,20). The van der Waals surface area contributed by atoms with E-state index in [0.29, 0.717) is 6.04 Å². The molecule has 1 aliphatic heterocycles. The molecule has 116 valence electrons. The van der Waals surface area contributed by atoms with Gasteiger partial charge in [0, 0.05) is 36.3 Å². The van der Waals surface area contributed by atoms with Crippen molar-refractivity contribution in [3.63, 3.8) is 0 Å². The highest BCUT2D eigenvalue weighted by atomic mass is 79.9. The highest BCUT2D eigenvalue weighted by Gasteiger charge is 2.27. The molecule has 1 saturated carbocycles. The number of nitrogens with zero attached hydrogens (tertiary/aromatic N) is 2. The maximum Gasteiger partial charge on any atom is 0.267 e. The Kier molecular flexibility index (Phi) is 4.98. The number of halogens is 1. The molecule has 2 heterocycles. The van der Waals surface area contributed by atoms with Gasteiger partial charge < -0.3 is 14.6 Å². The fourth-order valence-corrected chi connectivity index (χ4v) is 3.14. The molecular weight excluding hydrogens is 334 g/mol. The molecule has 0 atom stereocenters. The summed E-state index contributed by atoms with van der Waals surface area (Å²) in [4.78, 5) is 14.7. The van der Waals surface area contributed by atoms with Crippen LogP contribution >= 0.6 is 15.9 Å². The molecule has 1 aromatic heterocycles. The SMILES string of the molecule is O=C(NCCCN1CCOCC1)c1cc(Br)cn1C1CC1. The lowest BCUT2D eigenvalue weighted by atomic mass is 10.3. The van der Waals surface area contributed by atoms with Crippen LogP contribution in [0, 0.1) is 0 Å². The van der Waals surface area contributed by atoms with Gasteiger partial charge in [0.1, 0.15) is 5.69 Å². The number of amides is 1. The summed E-state index contributed by atoms with van der Waals surface area (Å²) >= 11 is 3.46. The van der Waals surface area contributed by atoms with Gasteiger partial charge in [0.15, 0.2) is 0 Å². The summed E-state index contributed by atoms with van der Waals surface area (Å²) in [5, 5.41) is 3.04. The van der Waals surface area contributed by atoms with E-state index in [1.807, 2.05) is 12.3 Å². The lowest BCUT2D eigenvalue weighted by molar-refractivity contribution is 0.0374. The number of hydrogen-bond acceptors (Lipinski definition) is 3. The molecule has 0 radical (unpaired) electrons. The highest BCUT2D eigenvalue weighted by Crippen LogP contribution is 2.37. The van der Waals surface area contributed by atoms with Gasteiger partial charge >= 0.3 is 0 Å². The number of morpholine rings is 1. The van der Waals surface area contributed by atoms with Crippen LogP contribution in [-0.4, -0.2) is 54.8 Å². The quantitative estimate of drug-likeness (QED) is 0.794. The van der Waals surface area contributed by atoms with Crippen LogP contribution in [0.4, 0.5) is 0 Å². The molecule has 2 fully saturated rings. The third kappa shape index (κ3) is 4.08. The first-order chi connectivity index (χ1) is 10.2. The molecule has 6 heteroatoms. The second kappa shape index (κ2) is 6.94. The van der Waals surface area contributed by atoms with Gasteiger partial charge in [-0.2, -0.15) is 0 Å². The Hall–Kier alpha value is -0.850. The number of aromatic nitrogens is 1. The summed E-state index contributed by atoms with van der Waals surface area (Å²) < 4.78 is 8.41. The van der Waals surface area contributed by atoms with Crippen molar-refractivity contribution >= 4 is 21.8 Å². The Balaban J connectivity index is 1.43. The van der Waals surface area contributed by atoms with Crippen molar-refractivity contribution in [2.24, 2.45) is 0 Å². The van der Waals surface area contributed by atoms with E-state index in [1.54, 1.807) is 0 Å². The molecule has 0 aromatic carbocycles. The molecule has 2 aliphatic rings. The van der Waals surface area contributed by atoms with E-state index >= 15 is 0 Å². The molecule has 0 bridgehead atoms. The van der Waals surface area contributed by atoms with E-state index < -0.39 is 0 Å². The Bertz CT molecular complexity index is 493. The van der Waals surface area contributed by atoms with Crippen LogP contribution in [0.2, 0.25) is 0 Å². The van der Waals surface area contributed by atoms with Crippen molar-refractivity contribution in [1.82, 2.24) is 14.8 Å². The van der Waals surface area contributed by atoms with Crippen molar-refractivity contribution in [2.75, 3.05) is 39.4 Å². The van der Waals surface area contributed by atoms with Crippen molar-refractivity contribution in [3.05, 3.63) is 22.4 Å². The number of ether oxygens (including phenoxy) is 1. The molecule has 1 saturated heterocycles. The van der Waals surface area contributed by atoms with E-state index in [4.69, 9.17) is 4.74 Å². The first kappa shape index (κ1) is 15.1. The Morgan fingerprint density at radius 2 is 2.14 bits per heavy atom. The third-order valence-electron chi connectivity index (χ3n) is 4.03. The minimum atomic E-state index is 0.0366. The van der Waals surface area contributed by atoms with Gasteiger partial charge in [0.2, 0.25) is 0 Å². The second-order valence-electron chi connectivity index (χ2n) is 5.75. The maximum atomic E-state index is 12.3.